The van der Waals surface area contributed by atoms with Gasteiger partial charge < -0.3 is 4.90 Å². The molecule has 5 nitrogen and oxygen atoms in total. The van der Waals surface area contributed by atoms with Gasteiger partial charge in [-0.2, -0.15) is 4.58 Å². The highest BCUT2D eigenvalue weighted by atomic mass is 16.2. The minimum absolute atomic E-state index is 0.0226. The Morgan fingerprint density at radius 1 is 0.824 bits per heavy atom. The Kier molecular flexibility index (Phi) is 4.70. The molecule has 3 aromatic carbocycles. The normalized spacial score (nSPS) is 21.4. The lowest BCUT2D eigenvalue weighted by Gasteiger charge is -2.29. The quantitative estimate of drug-likeness (QED) is 0.438. The molecule has 2 aliphatic rings. The number of fused-ring (bicyclic) bond motifs is 2. The van der Waals surface area contributed by atoms with Gasteiger partial charge in [-0.25, -0.2) is 0 Å². The van der Waals surface area contributed by atoms with E-state index in [1.807, 2.05) is 55.1 Å². The maximum atomic E-state index is 13.5. The molecule has 5 rings (SSSR count). The number of para-hydroxylation sites is 2. The van der Waals surface area contributed by atoms with Gasteiger partial charge in [0.15, 0.2) is 5.71 Å². The van der Waals surface area contributed by atoms with E-state index in [-0.39, 0.29) is 21.9 Å². The van der Waals surface area contributed by atoms with Crippen molar-refractivity contribution in [3.05, 3.63) is 101 Å². The zero-order valence-electron chi connectivity index (χ0n) is 20.5. The molecule has 5 heteroatoms. The number of hydrogen-bond acceptors (Lipinski definition) is 4. The highest BCUT2D eigenvalue weighted by Gasteiger charge is 2.43. The molecule has 0 amide bonds. The summed E-state index contributed by atoms with van der Waals surface area (Å²) in [5.74, 6) is 0. The molecule has 0 N–H and O–H groups in total. The Labute approximate surface area is 198 Å². The molecule has 0 aromatic heterocycles. The van der Waals surface area contributed by atoms with Crippen molar-refractivity contribution in [3.63, 3.8) is 0 Å². The summed E-state index contributed by atoms with van der Waals surface area (Å²) in [4.78, 5) is 41.6. The van der Waals surface area contributed by atoms with Gasteiger partial charge in [-0.15, -0.1) is 0 Å². The minimum atomic E-state index is -0.722. The first-order valence-corrected chi connectivity index (χ1v) is 11.6. The predicted octanol–water partition coefficient (Wildman–Crippen LogP) is 1.71. The summed E-state index contributed by atoms with van der Waals surface area (Å²) in [6.07, 6.45) is 3.33. The van der Waals surface area contributed by atoms with E-state index >= 15 is 0 Å². The second kappa shape index (κ2) is 7.20. The maximum absolute atomic E-state index is 13.5. The first-order valence-electron chi connectivity index (χ1n) is 11.6. The summed E-state index contributed by atoms with van der Waals surface area (Å²) in [5, 5.41) is -0.0690. The smallest absolute Gasteiger partial charge is 0.237 e. The van der Waals surface area contributed by atoms with Crippen molar-refractivity contribution < 1.29 is 4.58 Å². The van der Waals surface area contributed by atoms with Gasteiger partial charge in [-0.1, -0.05) is 50.2 Å². The summed E-state index contributed by atoms with van der Waals surface area (Å²) in [7, 11) is 3.89. The average molecular weight is 454 g/mol. The van der Waals surface area contributed by atoms with Crippen LogP contribution in [0.25, 0.3) is 12.2 Å². The van der Waals surface area contributed by atoms with E-state index in [0.717, 1.165) is 28.2 Å². The predicted molar refractivity (Wildman–Crippen MR) is 138 cm³/mol. The van der Waals surface area contributed by atoms with E-state index in [9.17, 15) is 14.4 Å². The number of benzene rings is 2. The van der Waals surface area contributed by atoms with Crippen molar-refractivity contribution >= 4 is 29.2 Å². The van der Waals surface area contributed by atoms with Gasteiger partial charge in [0, 0.05) is 35.9 Å². The van der Waals surface area contributed by atoms with Crippen molar-refractivity contribution in [1.82, 2.24) is 0 Å². The lowest BCUT2D eigenvalue weighted by atomic mass is 9.80. The van der Waals surface area contributed by atoms with Gasteiger partial charge in [0.05, 0.1) is 21.9 Å². The summed E-state index contributed by atoms with van der Waals surface area (Å²) >= 11 is 0. The zero-order valence-corrected chi connectivity index (χ0v) is 20.5. The standard InChI is InChI=1S/C29H29N2O3/c1-28(2)19-11-7-9-13-21(19)30(5)23(28)15-17-25(32)18(27(34)26(17)33)16-24-29(3,4)20-12-8-10-14-22(20)31(24)6/h7-16,23H,1-6H3/q+1/b17-15-,18-16-. The molecule has 2 heterocycles. The molecule has 34 heavy (non-hydrogen) atoms. The third-order valence-electron chi connectivity index (χ3n) is 7.87. The maximum Gasteiger partial charge on any atom is 0.237 e. The van der Waals surface area contributed by atoms with Crippen molar-refractivity contribution in [3.8, 4) is 0 Å². The zero-order chi connectivity index (χ0) is 24.6. The van der Waals surface area contributed by atoms with Gasteiger partial charge >= 0.3 is 0 Å². The van der Waals surface area contributed by atoms with E-state index in [1.165, 1.54) is 0 Å². The van der Waals surface area contributed by atoms with Crippen molar-refractivity contribution in [2.75, 3.05) is 19.0 Å². The molecule has 1 atom stereocenters. The lowest BCUT2D eigenvalue weighted by molar-refractivity contribution is -0.400. The molecule has 0 bridgehead atoms. The van der Waals surface area contributed by atoms with Crippen LogP contribution in [0.15, 0.2) is 62.9 Å². The van der Waals surface area contributed by atoms with E-state index in [4.69, 9.17) is 0 Å². The van der Waals surface area contributed by atoms with Crippen molar-refractivity contribution in [2.24, 2.45) is 0 Å². The van der Waals surface area contributed by atoms with Crippen LogP contribution in [0.1, 0.15) is 38.8 Å². The van der Waals surface area contributed by atoms with Crippen LogP contribution in [0, 0.1) is 0 Å². The summed E-state index contributed by atoms with van der Waals surface area (Å²) in [5.41, 5.74) is 2.56. The molecular formula is C29H29N2O3+. The van der Waals surface area contributed by atoms with Gasteiger partial charge in [0.25, 0.3) is 0 Å². The SMILES string of the molecule is CN1c2ccccc2C(C)(C)C1/C=c1\c(=O)c(=O)/c(=C\C2=[N+](C)c3ccccc3C2(C)C)c1=O. The molecule has 0 radical (unpaired) electrons. The molecule has 0 aliphatic carbocycles. The molecule has 0 saturated carbocycles. The highest BCUT2D eigenvalue weighted by molar-refractivity contribution is 6.15. The van der Waals surface area contributed by atoms with Crippen LogP contribution in [-0.4, -0.2) is 30.4 Å². The van der Waals surface area contributed by atoms with Crippen molar-refractivity contribution in [1.29, 1.82) is 0 Å². The number of hydrogen-bond donors (Lipinski definition) is 0. The van der Waals surface area contributed by atoms with Crippen LogP contribution in [0.2, 0.25) is 0 Å². The fourth-order valence-electron chi connectivity index (χ4n) is 5.87. The highest BCUT2D eigenvalue weighted by Crippen LogP contribution is 2.44. The van der Waals surface area contributed by atoms with Crippen LogP contribution in [-0.2, 0) is 10.8 Å². The summed E-state index contributed by atoms with van der Waals surface area (Å²) in [6.45, 7) is 8.33. The first kappa shape index (κ1) is 22.2. The Morgan fingerprint density at radius 3 is 2.06 bits per heavy atom. The lowest BCUT2D eigenvalue weighted by Crippen LogP contribution is -2.44. The number of nitrogens with zero attached hydrogens (tertiary/aromatic N) is 2. The third-order valence-corrected chi connectivity index (χ3v) is 7.87. The molecule has 1 unspecified atom stereocenters. The minimum Gasteiger partial charge on any atom is -0.367 e. The fourth-order valence-corrected chi connectivity index (χ4v) is 5.87. The molecule has 172 valence electrons. The molecule has 0 spiro atoms. The second-order valence-corrected chi connectivity index (χ2v) is 10.5. The van der Waals surface area contributed by atoms with Gasteiger partial charge in [-0.05, 0) is 31.6 Å². The third kappa shape index (κ3) is 2.86. The van der Waals surface area contributed by atoms with E-state index < -0.39 is 21.7 Å². The van der Waals surface area contributed by atoms with E-state index in [2.05, 4.69) is 44.7 Å². The van der Waals surface area contributed by atoms with Crippen LogP contribution in [0.4, 0.5) is 11.4 Å². The summed E-state index contributed by atoms with van der Waals surface area (Å²) in [6, 6.07) is 15.9. The summed E-state index contributed by atoms with van der Waals surface area (Å²) < 4.78 is 2.00. The first-order chi connectivity index (χ1) is 16.0. The second-order valence-electron chi connectivity index (χ2n) is 10.5. The van der Waals surface area contributed by atoms with Crippen LogP contribution >= 0.6 is 0 Å². The monoisotopic (exact) mass is 453 g/mol. The topological polar surface area (TPSA) is 57.5 Å². The number of likely N-dealkylation sites (N-methyl/N-ethyl adjacent to an activating group) is 1. The van der Waals surface area contributed by atoms with Crippen molar-refractivity contribution in [2.45, 2.75) is 44.6 Å². The van der Waals surface area contributed by atoms with Gasteiger partial charge in [0.2, 0.25) is 22.0 Å². The van der Waals surface area contributed by atoms with E-state index in [0.29, 0.717) is 0 Å². The Balaban J connectivity index is 1.71. The Morgan fingerprint density at radius 2 is 1.41 bits per heavy atom. The van der Waals surface area contributed by atoms with Crippen LogP contribution < -0.4 is 31.6 Å². The van der Waals surface area contributed by atoms with Gasteiger partial charge in [0.1, 0.15) is 7.05 Å². The molecule has 3 aromatic rings. The van der Waals surface area contributed by atoms with E-state index in [1.54, 1.807) is 12.2 Å². The molecular weight excluding hydrogens is 424 g/mol. The Bertz CT molecular complexity index is 1650. The number of rotatable bonds is 2. The number of anilines is 1. The van der Waals surface area contributed by atoms with Crippen LogP contribution in [0.3, 0.4) is 0 Å². The molecule has 2 aliphatic heterocycles. The largest absolute Gasteiger partial charge is 0.367 e. The van der Waals surface area contributed by atoms with Crippen LogP contribution in [0.5, 0.6) is 0 Å². The fraction of sp³-hybridized carbons (Fsp3) is 0.310. The molecule has 0 fully saturated rings. The molecule has 0 saturated heterocycles. The Hall–Kier alpha value is -3.60. The van der Waals surface area contributed by atoms with Gasteiger partial charge in [-0.3, -0.25) is 14.4 Å². The average Bonchev–Trinajstić information content (AvgIpc) is 3.22.